The van der Waals surface area contributed by atoms with Gasteiger partial charge in [-0.3, -0.25) is 4.79 Å². The van der Waals surface area contributed by atoms with Gasteiger partial charge in [-0.1, -0.05) is 43.7 Å². The Labute approximate surface area is 239 Å². The fourth-order valence-electron chi connectivity index (χ4n) is 4.88. The number of benzene rings is 2. The lowest BCUT2D eigenvalue weighted by Gasteiger charge is -2.37. The lowest BCUT2D eigenvalue weighted by atomic mass is 10.00. The smallest absolute Gasteiger partial charge is 0.322 e. The van der Waals surface area contributed by atoms with Crippen molar-refractivity contribution in [2.24, 2.45) is 0 Å². The summed E-state index contributed by atoms with van der Waals surface area (Å²) in [6, 6.07) is 20.8. The van der Waals surface area contributed by atoms with Crippen LogP contribution in [0.5, 0.6) is 5.75 Å². The Hall–Kier alpha value is -4.04. The molecule has 0 fully saturated rings. The van der Waals surface area contributed by atoms with Crippen molar-refractivity contribution in [1.29, 1.82) is 0 Å². The fourth-order valence-corrected chi connectivity index (χ4v) is 5.81. The number of fused-ring (bicyclic) bond motifs is 1. The zero-order chi connectivity index (χ0) is 28.1. The van der Waals surface area contributed by atoms with Crippen molar-refractivity contribution in [2.75, 3.05) is 25.0 Å². The number of thiophene rings is 1. The van der Waals surface area contributed by atoms with E-state index in [1.54, 1.807) is 29.7 Å². The molecule has 0 radical (unpaired) electrons. The monoisotopic (exact) mass is 557 g/mol. The van der Waals surface area contributed by atoms with Crippen molar-refractivity contribution in [3.63, 3.8) is 0 Å². The number of anilines is 1. The third-order valence-electron chi connectivity index (χ3n) is 7.21. The molecule has 40 heavy (non-hydrogen) atoms. The average Bonchev–Trinajstić information content (AvgIpc) is 3.65. The first kappa shape index (κ1) is 27.5. The second-order valence-electron chi connectivity index (χ2n) is 10.4. The van der Waals surface area contributed by atoms with E-state index in [1.807, 2.05) is 48.2 Å². The number of hydrogen-bond acceptors (Lipinski definition) is 5. The number of nitrogens with zero attached hydrogens (tertiary/aromatic N) is 2. The summed E-state index contributed by atoms with van der Waals surface area (Å²) in [5, 5.41) is 4.99. The molecule has 0 aliphatic carbocycles. The minimum atomic E-state index is -0.361. The molecule has 208 valence electrons. The molecule has 2 aromatic heterocycles. The standard InChI is InChI=1S/C32H35N3O4S/c1-22(2)24-8-12-26(13-9-24)39-21-29-28-15-18-40-30(28)14-16-35(29)31(36)20-34(19-27-5-4-17-38-27)32(37)33-25-10-6-23(3)7-11-25/h4-13,15,17-18,22,29H,14,16,19-21H2,1-3H3,(H,33,37)/t29-/m1/s1. The highest BCUT2D eigenvalue weighted by Crippen LogP contribution is 2.34. The van der Waals surface area contributed by atoms with E-state index in [0.29, 0.717) is 30.5 Å². The van der Waals surface area contributed by atoms with Crippen molar-refractivity contribution >= 4 is 29.0 Å². The van der Waals surface area contributed by atoms with Crippen LogP contribution in [-0.2, 0) is 17.8 Å². The summed E-state index contributed by atoms with van der Waals surface area (Å²) in [6.07, 6.45) is 2.35. The van der Waals surface area contributed by atoms with Crippen molar-refractivity contribution in [1.82, 2.24) is 9.80 Å². The van der Waals surface area contributed by atoms with Crippen LogP contribution in [0.4, 0.5) is 10.5 Å². The third kappa shape index (κ3) is 6.57. The number of urea groups is 1. The first-order valence-electron chi connectivity index (χ1n) is 13.6. The molecular weight excluding hydrogens is 522 g/mol. The van der Waals surface area contributed by atoms with Crippen LogP contribution in [0.2, 0.25) is 0 Å². The van der Waals surface area contributed by atoms with E-state index in [1.165, 1.54) is 15.3 Å². The number of carbonyl (C=O) groups is 2. The van der Waals surface area contributed by atoms with E-state index in [4.69, 9.17) is 9.15 Å². The summed E-state index contributed by atoms with van der Waals surface area (Å²) in [5.41, 5.74) is 4.14. The van der Waals surface area contributed by atoms with Crippen LogP contribution in [0.3, 0.4) is 0 Å². The van der Waals surface area contributed by atoms with Crippen molar-refractivity contribution < 1.29 is 18.7 Å². The first-order valence-corrected chi connectivity index (χ1v) is 14.5. The highest BCUT2D eigenvalue weighted by Gasteiger charge is 2.33. The average molecular weight is 558 g/mol. The molecule has 4 aromatic rings. The highest BCUT2D eigenvalue weighted by atomic mass is 32.1. The van der Waals surface area contributed by atoms with E-state index in [0.717, 1.165) is 23.3 Å². The summed E-state index contributed by atoms with van der Waals surface area (Å²) in [7, 11) is 0. The van der Waals surface area contributed by atoms with Gasteiger partial charge in [0.05, 0.1) is 18.8 Å². The Balaban J connectivity index is 1.32. The quantitative estimate of drug-likeness (QED) is 0.240. The maximum absolute atomic E-state index is 13.8. The number of furan rings is 1. The Morgan fingerprint density at radius 1 is 1.10 bits per heavy atom. The van der Waals surface area contributed by atoms with Crippen molar-refractivity contribution in [2.45, 2.75) is 45.7 Å². The summed E-state index contributed by atoms with van der Waals surface area (Å²) in [5.74, 6) is 1.69. The molecule has 0 bridgehead atoms. The molecule has 2 aromatic carbocycles. The number of nitrogens with one attached hydrogen (secondary N) is 1. The first-order chi connectivity index (χ1) is 19.4. The van der Waals surface area contributed by atoms with Crippen LogP contribution in [0, 0.1) is 6.92 Å². The molecule has 8 heteroatoms. The molecule has 0 saturated heterocycles. The van der Waals surface area contributed by atoms with Gasteiger partial charge >= 0.3 is 6.03 Å². The van der Waals surface area contributed by atoms with Gasteiger partial charge in [-0.25, -0.2) is 4.79 Å². The van der Waals surface area contributed by atoms with Gasteiger partial charge in [0, 0.05) is 17.1 Å². The Morgan fingerprint density at radius 3 is 2.58 bits per heavy atom. The van der Waals surface area contributed by atoms with E-state index in [9.17, 15) is 9.59 Å². The Bertz CT molecular complexity index is 1410. The van der Waals surface area contributed by atoms with Gasteiger partial charge in [-0.15, -0.1) is 11.3 Å². The lowest BCUT2D eigenvalue weighted by Crippen LogP contribution is -2.48. The summed E-state index contributed by atoms with van der Waals surface area (Å²) >= 11 is 1.71. The zero-order valence-electron chi connectivity index (χ0n) is 23.1. The minimum absolute atomic E-state index is 0.0859. The van der Waals surface area contributed by atoms with Gasteiger partial charge in [0.25, 0.3) is 0 Å². The van der Waals surface area contributed by atoms with E-state index in [2.05, 4.69) is 42.7 Å². The largest absolute Gasteiger partial charge is 0.491 e. The van der Waals surface area contributed by atoms with Crippen LogP contribution in [0.25, 0.3) is 0 Å². The molecule has 0 unspecified atom stereocenters. The van der Waals surface area contributed by atoms with Crippen LogP contribution < -0.4 is 10.1 Å². The number of rotatable bonds is 9. The number of amides is 3. The van der Waals surface area contributed by atoms with Gasteiger partial charge in [-0.2, -0.15) is 0 Å². The maximum atomic E-state index is 13.8. The van der Waals surface area contributed by atoms with Crippen molar-refractivity contribution in [3.05, 3.63) is 106 Å². The van der Waals surface area contributed by atoms with Gasteiger partial charge in [0.15, 0.2) is 0 Å². The van der Waals surface area contributed by atoms with Crippen LogP contribution in [0.1, 0.15) is 53.1 Å². The summed E-state index contributed by atoms with van der Waals surface area (Å²) in [4.78, 5) is 31.8. The zero-order valence-corrected chi connectivity index (χ0v) is 23.9. The van der Waals surface area contributed by atoms with Gasteiger partial charge in [0.2, 0.25) is 5.91 Å². The topological polar surface area (TPSA) is 75.0 Å². The molecule has 0 spiro atoms. The van der Waals surface area contributed by atoms with Crippen LogP contribution >= 0.6 is 11.3 Å². The normalized spacial score (nSPS) is 14.6. The van der Waals surface area contributed by atoms with E-state index >= 15 is 0 Å². The molecule has 5 rings (SSSR count). The second kappa shape index (κ2) is 12.4. The molecule has 3 heterocycles. The van der Waals surface area contributed by atoms with E-state index in [-0.39, 0.29) is 31.1 Å². The fraction of sp³-hybridized carbons (Fsp3) is 0.312. The molecule has 1 atom stereocenters. The molecule has 1 aliphatic heterocycles. The maximum Gasteiger partial charge on any atom is 0.322 e. The molecule has 7 nitrogen and oxygen atoms in total. The molecular formula is C32H35N3O4S. The number of hydrogen-bond donors (Lipinski definition) is 1. The minimum Gasteiger partial charge on any atom is -0.491 e. The molecule has 3 amide bonds. The molecule has 1 aliphatic rings. The predicted octanol–water partition coefficient (Wildman–Crippen LogP) is 7.01. The van der Waals surface area contributed by atoms with Gasteiger partial charge in [-0.05, 0) is 78.2 Å². The van der Waals surface area contributed by atoms with Gasteiger partial charge in [0.1, 0.15) is 24.7 Å². The third-order valence-corrected chi connectivity index (χ3v) is 8.21. The Morgan fingerprint density at radius 2 is 1.88 bits per heavy atom. The predicted molar refractivity (Wildman–Crippen MR) is 158 cm³/mol. The number of ether oxygens (including phenoxy) is 1. The SMILES string of the molecule is Cc1ccc(NC(=O)N(CC(=O)N2CCc3sccc3[C@H]2COc2ccc(C(C)C)cc2)Cc2ccco2)cc1. The summed E-state index contributed by atoms with van der Waals surface area (Å²) in [6.45, 7) is 7.32. The van der Waals surface area contributed by atoms with Crippen LogP contribution in [-0.4, -0.2) is 41.4 Å². The van der Waals surface area contributed by atoms with Crippen molar-refractivity contribution in [3.8, 4) is 5.75 Å². The van der Waals surface area contributed by atoms with Crippen LogP contribution in [0.15, 0.2) is 82.8 Å². The van der Waals surface area contributed by atoms with E-state index < -0.39 is 0 Å². The second-order valence-corrected chi connectivity index (χ2v) is 11.4. The Kier molecular flexibility index (Phi) is 8.55. The lowest BCUT2D eigenvalue weighted by molar-refractivity contribution is -0.135. The number of carbonyl (C=O) groups excluding carboxylic acids is 2. The van der Waals surface area contributed by atoms with Gasteiger partial charge < -0.3 is 24.3 Å². The summed E-state index contributed by atoms with van der Waals surface area (Å²) < 4.78 is 11.7. The number of aryl methyl sites for hydroxylation is 1. The highest BCUT2D eigenvalue weighted by molar-refractivity contribution is 7.10. The molecule has 1 N–H and O–H groups in total. The molecule has 0 saturated carbocycles.